The number of hydrogen-bond donors (Lipinski definition) is 2. The van der Waals surface area contributed by atoms with Crippen LogP contribution in [0.1, 0.15) is 12.0 Å². The van der Waals surface area contributed by atoms with Crippen LogP contribution in [0, 0.1) is 4.77 Å². The average molecular weight is 340 g/mol. The Bertz CT molecular complexity index is 979. The van der Waals surface area contributed by atoms with Crippen LogP contribution in [0.15, 0.2) is 53.6 Å². The fourth-order valence-corrected chi connectivity index (χ4v) is 2.69. The molecule has 0 unspecified atom stereocenters. The second-order valence-corrected chi connectivity index (χ2v) is 5.71. The van der Waals surface area contributed by atoms with E-state index in [0.29, 0.717) is 22.2 Å². The van der Waals surface area contributed by atoms with E-state index in [1.807, 2.05) is 18.2 Å². The number of amides is 1. The molecule has 2 N–H and O–H groups in total. The Balaban J connectivity index is 1.68. The first-order valence-electron chi connectivity index (χ1n) is 7.52. The van der Waals surface area contributed by atoms with Gasteiger partial charge in [-0.2, -0.15) is 0 Å². The molecule has 1 amide bonds. The van der Waals surface area contributed by atoms with Gasteiger partial charge in [0.15, 0.2) is 4.77 Å². The number of carbonyl (C=O) groups excluding carboxylic acids is 1. The van der Waals surface area contributed by atoms with Crippen LogP contribution < -0.4 is 10.9 Å². The van der Waals surface area contributed by atoms with Crippen LogP contribution in [-0.4, -0.2) is 20.4 Å². The van der Waals surface area contributed by atoms with Crippen molar-refractivity contribution in [1.29, 1.82) is 0 Å². The van der Waals surface area contributed by atoms with Crippen LogP contribution in [0.2, 0.25) is 0 Å². The highest BCUT2D eigenvalue weighted by Gasteiger charge is 2.07. The summed E-state index contributed by atoms with van der Waals surface area (Å²) in [5.41, 5.74) is 1.44. The maximum Gasteiger partial charge on any atom is 0.262 e. The summed E-state index contributed by atoms with van der Waals surface area (Å²) < 4.78 is 1.74. The van der Waals surface area contributed by atoms with Gasteiger partial charge in [-0.05, 0) is 36.0 Å². The van der Waals surface area contributed by atoms with Crippen LogP contribution >= 0.6 is 12.2 Å². The summed E-state index contributed by atoms with van der Waals surface area (Å²) in [5.74, 6) is -0.145. The number of nitrogens with zero attached hydrogens (tertiary/aromatic N) is 2. The van der Waals surface area contributed by atoms with E-state index in [1.54, 1.807) is 30.6 Å². The number of carbonyl (C=O) groups is 1. The van der Waals surface area contributed by atoms with Crippen LogP contribution in [-0.2, 0) is 17.9 Å². The number of hydrogen-bond acceptors (Lipinski definition) is 4. The maximum atomic E-state index is 12.5. The second-order valence-electron chi connectivity index (χ2n) is 5.32. The van der Waals surface area contributed by atoms with Crippen LogP contribution in [0.4, 0.5) is 0 Å². The number of fused-ring (bicyclic) bond motifs is 1. The van der Waals surface area contributed by atoms with E-state index in [-0.39, 0.29) is 24.4 Å². The molecule has 2 heterocycles. The lowest BCUT2D eigenvalue weighted by molar-refractivity contribution is -0.121. The van der Waals surface area contributed by atoms with Gasteiger partial charge in [0.1, 0.15) is 0 Å². The zero-order valence-corrected chi connectivity index (χ0v) is 13.7. The van der Waals surface area contributed by atoms with Gasteiger partial charge in [0, 0.05) is 31.9 Å². The summed E-state index contributed by atoms with van der Waals surface area (Å²) >= 11 is 5.23. The van der Waals surface area contributed by atoms with Gasteiger partial charge in [-0.15, -0.1) is 0 Å². The lowest BCUT2D eigenvalue weighted by Gasteiger charge is -2.08. The number of aromatic nitrogens is 3. The number of H-pyrrole nitrogens is 1. The Kier molecular flexibility index (Phi) is 4.81. The second kappa shape index (κ2) is 7.18. The van der Waals surface area contributed by atoms with Crippen molar-refractivity contribution in [2.45, 2.75) is 19.5 Å². The standard InChI is InChI=1S/C17H16N4O2S/c22-15(19-11-12-4-3-8-18-10-12)7-9-21-16(23)13-5-1-2-6-14(13)20-17(21)24/h1-6,8,10H,7,9,11H2,(H,19,22)(H,20,24). The summed E-state index contributed by atoms with van der Waals surface area (Å²) in [4.78, 5) is 31.5. The third-order valence-electron chi connectivity index (χ3n) is 3.66. The summed E-state index contributed by atoms with van der Waals surface area (Å²) in [5, 5.41) is 3.36. The Morgan fingerprint density at radius 1 is 1.25 bits per heavy atom. The van der Waals surface area contributed by atoms with Gasteiger partial charge >= 0.3 is 0 Å². The van der Waals surface area contributed by atoms with Crippen molar-refractivity contribution in [3.8, 4) is 0 Å². The molecule has 3 aromatic rings. The number of rotatable bonds is 5. The van der Waals surface area contributed by atoms with E-state index < -0.39 is 0 Å². The Morgan fingerprint density at radius 3 is 2.88 bits per heavy atom. The molecule has 0 spiro atoms. The normalized spacial score (nSPS) is 10.7. The van der Waals surface area contributed by atoms with Gasteiger partial charge in [0.05, 0.1) is 10.9 Å². The molecule has 24 heavy (non-hydrogen) atoms. The van der Waals surface area contributed by atoms with Gasteiger partial charge in [0.25, 0.3) is 5.56 Å². The van der Waals surface area contributed by atoms with Crippen molar-refractivity contribution in [2.24, 2.45) is 0 Å². The van der Waals surface area contributed by atoms with Crippen LogP contribution in [0.5, 0.6) is 0 Å². The SMILES string of the molecule is O=C(CCn1c(=S)[nH]c2ccccc2c1=O)NCc1cccnc1. The third kappa shape index (κ3) is 3.57. The molecule has 0 bridgehead atoms. The number of pyridine rings is 1. The molecule has 122 valence electrons. The summed E-state index contributed by atoms with van der Waals surface area (Å²) in [6, 6.07) is 10.9. The van der Waals surface area contributed by atoms with Crippen LogP contribution in [0.25, 0.3) is 10.9 Å². The van der Waals surface area contributed by atoms with Gasteiger partial charge in [-0.3, -0.25) is 19.1 Å². The molecular weight excluding hydrogens is 324 g/mol. The van der Waals surface area contributed by atoms with E-state index >= 15 is 0 Å². The van der Waals surface area contributed by atoms with E-state index in [2.05, 4.69) is 15.3 Å². The van der Waals surface area contributed by atoms with E-state index in [4.69, 9.17) is 12.2 Å². The molecule has 0 aliphatic carbocycles. The zero-order chi connectivity index (χ0) is 16.9. The van der Waals surface area contributed by atoms with E-state index in [1.165, 1.54) is 4.57 Å². The molecule has 0 saturated heterocycles. The van der Waals surface area contributed by atoms with E-state index in [0.717, 1.165) is 5.56 Å². The summed E-state index contributed by atoms with van der Waals surface area (Å²) in [6.07, 6.45) is 3.56. The molecule has 0 saturated carbocycles. The highest BCUT2D eigenvalue weighted by molar-refractivity contribution is 7.71. The lowest BCUT2D eigenvalue weighted by atomic mass is 10.2. The predicted molar refractivity (Wildman–Crippen MR) is 94.1 cm³/mol. The fourth-order valence-electron chi connectivity index (χ4n) is 2.41. The highest BCUT2D eigenvalue weighted by Crippen LogP contribution is 2.06. The number of aromatic amines is 1. The lowest BCUT2D eigenvalue weighted by Crippen LogP contribution is -2.28. The summed E-state index contributed by atoms with van der Waals surface area (Å²) in [7, 11) is 0. The quantitative estimate of drug-likeness (QED) is 0.698. The minimum Gasteiger partial charge on any atom is -0.352 e. The molecule has 1 aromatic carbocycles. The Labute approximate surface area is 143 Å². The fraction of sp³-hybridized carbons (Fsp3) is 0.176. The first kappa shape index (κ1) is 16.1. The first-order valence-corrected chi connectivity index (χ1v) is 7.93. The predicted octanol–water partition coefficient (Wildman–Crippen LogP) is 2.16. The highest BCUT2D eigenvalue weighted by atomic mass is 32.1. The smallest absolute Gasteiger partial charge is 0.262 e. The molecule has 0 aliphatic rings. The van der Waals surface area contributed by atoms with Crippen molar-refractivity contribution < 1.29 is 4.79 Å². The van der Waals surface area contributed by atoms with E-state index in [9.17, 15) is 9.59 Å². The average Bonchev–Trinajstić information content (AvgIpc) is 2.60. The van der Waals surface area contributed by atoms with Crippen molar-refractivity contribution in [1.82, 2.24) is 19.9 Å². The molecule has 3 rings (SSSR count). The van der Waals surface area contributed by atoms with Crippen molar-refractivity contribution in [3.05, 3.63) is 69.5 Å². The molecule has 0 fully saturated rings. The Hall–Kier alpha value is -2.80. The van der Waals surface area contributed by atoms with Crippen molar-refractivity contribution >= 4 is 29.0 Å². The maximum absolute atomic E-state index is 12.5. The zero-order valence-electron chi connectivity index (χ0n) is 12.9. The molecule has 7 heteroatoms. The van der Waals surface area contributed by atoms with Crippen LogP contribution in [0.3, 0.4) is 0 Å². The minimum absolute atomic E-state index is 0.145. The molecule has 6 nitrogen and oxygen atoms in total. The van der Waals surface area contributed by atoms with Gasteiger partial charge < -0.3 is 10.3 Å². The number of nitrogens with one attached hydrogen (secondary N) is 2. The molecule has 0 aliphatic heterocycles. The van der Waals surface area contributed by atoms with Gasteiger partial charge in [0.2, 0.25) is 5.91 Å². The monoisotopic (exact) mass is 340 g/mol. The first-order chi connectivity index (χ1) is 11.6. The van der Waals surface area contributed by atoms with Crippen molar-refractivity contribution in [2.75, 3.05) is 0 Å². The largest absolute Gasteiger partial charge is 0.352 e. The molecular formula is C17H16N4O2S. The third-order valence-corrected chi connectivity index (χ3v) is 3.99. The number of para-hydroxylation sites is 1. The molecule has 0 atom stereocenters. The minimum atomic E-state index is -0.186. The topological polar surface area (TPSA) is 79.8 Å². The van der Waals surface area contributed by atoms with Gasteiger partial charge in [-0.1, -0.05) is 18.2 Å². The molecule has 0 radical (unpaired) electrons. The Morgan fingerprint density at radius 2 is 2.08 bits per heavy atom. The number of benzene rings is 1. The molecule has 2 aromatic heterocycles. The summed E-state index contributed by atoms with van der Waals surface area (Å²) in [6.45, 7) is 0.643. The van der Waals surface area contributed by atoms with Gasteiger partial charge in [-0.25, -0.2) is 0 Å². The van der Waals surface area contributed by atoms with Crippen molar-refractivity contribution in [3.63, 3.8) is 0 Å².